The van der Waals surface area contributed by atoms with Gasteiger partial charge in [0.2, 0.25) is 0 Å². The van der Waals surface area contributed by atoms with E-state index in [0.29, 0.717) is 19.6 Å². The maximum absolute atomic E-state index is 12.5. The molecule has 1 atom stereocenters. The first kappa shape index (κ1) is 17.7. The number of nitrogens with zero attached hydrogens (tertiary/aromatic N) is 2. The highest BCUT2D eigenvalue weighted by Gasteiger charge is 2.29. The topological polar surface area (TPSA) is 61.9 Å². The van der Waals surface area contributed by atoms with Crippen LogP contribution in [0.1, 0.15) is 37.3 Å². The van der Waals surface area contributed by atoms with Gasteiger partial charge < -0.3 is 4.74 Å². The van der Waals surface area contributed by atoms with E-state index >= 15 is 0 Å². The fourth-order valence-corrected chi connectivity index (χ4v) is 4.85. The second-order valence-electron chi connectivity index (χ2n) is 6.50. The van der Waals surface area contributed by atoms with Gasteiger partial charge in [0, 0.05) is 25.7 Å². The van der Waals surface area contributed by atoms with Crippen molar-refractivity contribution in [3.05, 3.63) is 29.8 Å². The Bertz CT molecular complexity index is 638. The zero-order valence-electron chi connectivity index (χ0n) is 14.3. The second kappa shape index (κ2) is 7.82. The molecule has 0 amide bonds. The molecule has 0 aliphatic carbocycles. The van der Waals surface area contributed by atoms with E-state index in [4.69, 9.17) is 4.74 Å². The van der Waals surface area contributed by atoms with Crippen LogP contribution >= 0.6 is 0 Å². The monoisotopic (exact) mass is 353 g/mol. The summed E-state index contributed by atoms with van der Waals surface area (Å²) < 4.78 is 34.7. The molecule has 2 heterocycles. The molecule has 1 aromatic carbocycles. The molecule has 0 spiro atoms. The number of benzene rings is 1. The third-order valence-electron chi connectivity index (χ3n) is 4.92. The van der Waals surface area contributed by atoms with Gasteiger partial charge in [-0.15, -0.1) is 0 Å². The molecule has 0 radical (unpaired) electrons. The lowest BCUT2D eigenvalue weighted by atomic mass is 10.1. The van der Waals surface area contributed by atoms with Gasteiger partial charge in [0.05, 0.1) is 7.11 Å². The average Bonchev–Trinajstić information content (AvgIpc) is 3.29. The predicted octanol–water partition coefficient (Wildman–Crippen LogP) is 1.76. The Hall–Kier alpha value is -1.15. The number of ether oxygens (including phenoxy) is 1. The maximum Gasteiger partial charge on any atom is 0.279 e. The Balaban J connectivity index is 1.75. The molecule has 6 nitrogen and oxygen atoms in total. The molecule has 1 N–H and O–H groups in total. The highest BCUT2D eigenvalue weighted by Crippen LogP contribution is 2.27. The summed E-state index contributed by atoms with van der Waals surface area (Å²) in [6, 6.07) is 7.98. The fourth-order valence-electron chi connectivity index (χ4n) is 3.56. The van der Waals surface area contributed by atoms with E-state index in [-0.39, 0.29) is 6.04 Å². The first-order chi connectivity index (χ1) is 11.6. The van der Waals surface area contributed by atoms with Crippen molar-refractivity contribution in [2.24, 2.45) is 0 Å². The van der Waals surface area contributed by atoms with E-state index in [2.05, 4.69) is 15.7 Å². The summed E-state index contributed by atoms with van der Waals surface area (Å²) in [5.41, 5.74) is 1.10. The van der Waals surface area contributed by atoms with Crippen LogP contribution in [0.3, 0.4) is 0 Å². The van der Waals surface area contributed by atoms with Crippen molar-refractivity contribution in [1.29, 1.82) is 0 Å². The lowest BCUT2D eigenvalue weighted by Crippen LogP contribution is -2.43. The van der Waals surface area contributed by atoms with Crippen molar-refractivity contribution in [1.82, 2.24) is 13.9 Å². The molecule has 1 aromatic rings. The molecule has 1 unspecified atom stereocenters. The summed E-state index contributed by atoms with van der Waals surface area (Å²) in [6.07, 6.45) is 4.23. The molecule has 0 bridgehead atoms. The van der Waals surface area contributed by atoms with Crippen molar-refractivity contribution >= 4 is 10.2 Å². The Morgan fingerprint density at radius 2 is 1.79 bits per heavy atom. The van der Waals surface area contributed by atoms with Crippen LogP contribution in [-0.2, 0) is 10.2 Å². The predicted molar refractivity (Wildman–Crippen MR) is 94.3 cm³/mol. The van der Waals surface area contributed by atoms with Gasteiger partial charge in [-0.3, -0.25) is 4.90 Å². The fraction of sp³-hybridized carbons (Fsp3) is 0.647. The molecule has 24 heavy (non-hydrogen) atoms. The zero-order chi connectivity index (χ0) is 17.0. The average molecular weight is 353 g/mol. The van der Waals surface area contributed by atoms with Gasteiger partial charge in [0.25, 0.3) is 10.2 Å². The highest BCUT2D eigenvalue weighted by molar-refractivity contribution is 7.87. The van der Waals surface area contributed by atoms with Crippen LogP contribution in [0.25, 0.3) is 0 Å². The van der Waals surface area contributed by atoms with Crippen molar-refractivity contribution in [3.63, 3.8) is 0 Å². The van der Waals surface area contributed by atoms with Crippen molar-refractivity contribution in [3.8, 4) is 5.75 Å². The van der Waals surface area contributed by atoms with Crippen LogP contribution in [0.15, 0.2) is 24.3 Å². The summed E-state index contributed by atoms with van der Waals surface area (Å²) in [6.45, 7) is 3.67. The van der Waals surface area contributed by atoms with Gasteiger partial charge in [0.15, 0.2) is 0 Å². The van der Waals surface area contributed by atoms with E-state index in [1.807, 2.05) is 18.2 Å². The smallest absolute Gasteiger partial charge is 0.279 e. The third kappa shape index (κ3) is 4.08. The maximum atomic E-state index is 12.5. The summed E-state index contributed by atoms with van der Waals surface area (Å²) in [4.78, 5) is 2.36. The molecular weight excluding hydrogens is 326 g/mol. The van der Waals surface area contributed by atoms with E-state index in [0.717, 1.165) is 37.2 Å². The number of methoxy groups -OCH3 is 1. The molecule has 3 rings (SSSR count). The SMILES string of the molecule is COc1cccc(C(CNS(=O)(=O)N2CCCC2)N2CCCC2)c1. The summed E-state index contributed by atoms with van der Waals surface area (Å²) in [5, 5.41) is 0. The van der Waals surface area contributed by atoms with Crippen molar-refractivity contribution < 1.29 is 13.2 Å². The number of hydrogen-bond donors (Lipinski definition) is 1. The zero-order valence-corrected chi connectivity index (χ0v) is 15.1. The molecule has 2 aliphatic rings. The molecule has 2 saturated heterocycles. The second-order valence-corrected chi connectivity index (χ2v) is 8.25. The van der Waals surface area contributed by atoms with Crippen LogP contribution in [0.4, 0.5) is 0 Å². The van der Waals surface area contributed by atoms with E-state index < -0.39 is 10.2 Å². The summed E-state index contributed by atoms with van der Waals surface area (Å²) >= 11 is 0. The molecule has 0 aromatic heterocycles. The summed E-state index contributed by atoms with van der Waals surface area (Å²) in [5.74, 6) is 0.805. The van der Waals surface area contributed by atoms with Crippen LogP contribution in [-0.4, -0.2) is 57.5 Å². The third-order valence-corrected chi connectivity index (χ3v) is 6.50. The van der Waals surface area contributed by atoms with Crippen molar-refractivity contribution in [2.75, 3.05) is 39.8 Å². The van der Waals surface area contributed by atoms with Gasteiger partial charge in [-0.05, 0) is 56.5 Å². The minimum absolute atomic E-state index is 0.0416. The van der Waals surface area contributed by atoms with Crippen LogP contribution in [0.2, 0.25) is 0 Å². The van der Waals surface area contributed by atoms with E-state index in [1.54, 1.807) is 11.4 Å². The van der Waals surface area contributed by atoms with Gasteiger partial charge in [0.1, 0.15) is 5.75 Å². The van der Waals surface area contributed by atoms with E-state index in [9.17, 15) is 8.42 Å². The Morgan fingerprint density at radius 1 is 1.12 bits per heavy atom. The Labute approximate surface area is 145 Å². The number of rotatable bonds is 7. The highest BCUT2D eigenvalue weighted by atomic mass is 32.2. The standard InChI is InChI=1S/C17H27N3O3S/c1-23-16-8-6-7-15(13-16)17(19-9-2-3-10-19)14-18-24(21,22)20-11-4-5-12-20/h6-8,13,17-18H,2-5,9-12,14H2,1H3. The molecule has 2 fully saturated rings. The van der Waals surface area contributed by atoms with E-state index in [1.165, 1.54) is 12.8 Å². The quantitative estimate of drug-likeness (QED) is 0.811. The van der Waals surface area contributed by atoms with Crippen LogP contribution in [0.5, 0.6) is 5.75 Å². The van der Waals surface area contributed by atoms with Gasteiger partial charge in [-0.1, -0.05) is 12.1 Å². The molecule has 2 aliphatic heterocycles. The minimum atomic E-state index is -3.38. The number of likely N-dealkylation sites (tertiary alicyclic amines) is 1. The lowest BCUT2D eigenvalue weighted by Gasteiger charge is -2.29. The number of nitrogens with one attached hydrogen (secondary N) is 1. The van der Waals surface area contributed by atoms with Crippen molar-refractivity contribution in [2.45, 2.75) is 31.7 Å². The first-order valence-corrected chi connectivity index (χ1v) is 10.2. The lowest BCUT2D eigenvalue weighted by molar-refractivity contribution is 0.245. The number of hydrogen-bond acceptors (Lipinski definition) is 4. The first-order valence-electron chi connectivity index (χ1n) is 8.73. The minimum Gasteiger partial charge on any atom is -0.497 e. The van der Waals surface area contributed by atoms with Crippen LogP contribution < -0.4 is 9.46 Å². The normalized spacial score (nSPS) is 21.2. The Kier molecular flexibility index (Phi) is 5.76. The molecule has 0 saturated carbocycles. The van der Waals surface area contributed by atoms with Gasteiger partial charge in [-0.2, -0.15) is 12.7 Å². The largest absolute Gasteiger partial charge is 0.497 e. The van der Waals surface area contributed by atoms with Gasteiger partial charge >= 0.3 is 0 Å². The molecule has 7 heteroatoms. The molecular formula is C17H27N3O3S. The Morgan fingerprint density at radius 3 is 2.46 bits per heavy atom. The van der Waals surface area contributed by atoms with Gasteiger partial charge in [-0.25, -0.2) is 4.72 Å². The molecule has 134 valence electrons. The summed E-state index contributed by atoms with van der Waals surface area (Å²) in [7, 11) is -1.73. The van der Waals surface area contributed by atoms with Crippen LogP contribution in [0, 0.1) is 0 Å².